The van der Waals surface area contributed by atoms with E-state index in [0.717, 1.165) is 63.0 Å². The number of piperidine rings is 2. The minimum absolute atomic E-state index is 0.202. The fraction of sp³-hybridized carbons (Fsp3) is 0.435. The molecule has 26 heavy (non-hydrogen) atoms. The molecule has 2 aliphatic heterocycles. The van der Waals surface area contributed by atoms with Crippen molar-refractivity contribution in [1.29, 1.82) is 0 Å². The minimum atomic E-state index is 0.202. The van der Waals surface area contributed by atoms with Crippen molar-refractivity contribution in [1.82, 2.24) is 10.6 Å². The monoisotopic (exact) mass is 348 g/mol. The van der Waals surface area contributed by atoms with Gasteiger partial charge in [-0.25, -0.2) is 0 Å². The predicted octanol–water partition coefficient (Wildman–Crippen LogP) is 3.85. The van der Waals surface area contributed by atoms with Crippen molar-refractivity contribution in [2.24, 2.45) is 0 Å². The van der Waals surface area contributed by atoms with Gasteiger partial charge < -0.3 is 10.6 Å². The van der Waals surface area contributed by atoms with Gasteiger partial charge in [-0.1, -0.05) is 48.5 Å². The van der Waals surface area contributed by atoms with E-state index in [4.69, 9.17) is 0 Å². The van der Waals surface area contributed by atoms with Gasteiger partial charge in [0.25, 0.3) is 0 Å². The van der Waals surface area contributed by atoms with Crippen LogP contribution in [0.1, 0.15) is 64.6 Å². The van der Waals surface area contributed by atoms with Crippen molar-refractivity contribution in [3.8, 4) is 0 Å². The summed E-state index contributed by atoms with van der Waals surface area (Å²) in [6, 6.07) is 16.5. The SMILES string of the molecule is O=C(c1ccccc1C1CCNCC1)c1ccccc1C1CCNCC1. The van der Waals surface area contributed by atoms with E-state index in [1.807, 2.05) is 24.3 Å². The van der Waals surface area contributed by atoms with E-state index in [1.165, 1.54) is 11.1 Å². The van der Waals surface area contributed by atoms with E-state index in [9.17, 15) is 4.79 Å². The first-order valence-electron chi connectivity index (χ1n) is 9.98. The molecule has 2 heterocycles. The molecule has 2 saturated heterocycles. The van der Waals surface area contributed by atoms with E-state index >= 15 is 0 Å². The summed E-state index contributed by atoms with van der Waals surface area (Å²) in [6.07, 6.45) is 4.45. The molecule has 0 radical (unpaired) electrons. The molecule has 2 aromatic carbocycles. The standard InChI is InChI=1S/C23H28N2O/c26-23(21-7-3-1-5-19(21)17-9-13-24-14-10-17)22-8-4-2-6-20(22)18-11-15-25-16-12-18/h1-8,17-18,24-25H,9-16H2. The van der Waals surface area contributed by atoms with Crippen LogP contribution in [0.15, 0.2) is 48.5 Å². The topological polar surface area (TPSA) is 41.1 Å². The maximum atomic E-state index is 13.5. The van der Waals surface area contributed by atoms with Crippen LogP contribution < -0.4 is 10.6 Å². The van der Waals surface area contributed by atoms with Gasteiger partial charge in [-0.2, -0.15) is 0 Å². The fourth-order valence-corrected chi connectivity index (χ4v) is 4.53. The number of hydrogen-bond acceptors (Lipinski definition) is 3. The summed E-state index contributed by atoms with van der Waals surface area (Å²) >= 11 is 0. The molecule has 0 amide bonds. The number of hydrogen-bond donors (Lipinski definition) is 2. The lowest BCUT2D eigenvalue weighted by Gasteiger charge is -2.26. The van der Waals surface area contributed by atoms with Gasteiger partial charge in [-0.15, -0.1) is 0 Å². The Morgan fingerprint density at radius 1 is 0.654 bits per heavy atom. The summed E-state index contributed by atoms with van der Waals surface area (Å²) in [7, 11) is 0. The van der Waals surface area contributed by atoms with Crippen LogP contribution in [-0.2, 0) is 0 Å². The van der Waals surface area contributed by atoms with Gasteiger partial charge in [0.05, 0.1) is 0 Å². The Hall–Kier alpha value is -1.97. The van der Waals surface area contributed by atoms with Gasteiger partial charge in [0.1, 0.15) is 0 Å². The zero-order valence-corrected chi connectivity index (χ0v) is 15.3. The average molecular weight is 348 g/mol. The summed E-state index contributed by atoms with van der Waals surface area (Å²) in [6.45, 7) is 4.16. The van der Waals surface area contributed by atoms with Crippen molar-refractivity contribution in [3.63, 3.8) is 0 Å². The normalized spacial score (nSPS) is 19.4. The Morgan fingerprint density at radius 2 is 1.04 bits per heavy atom. The third-order valence-electron chi connectivity index (χ3n) is 5.97. The zero-order valence-electron chi connectivity index (χ0n) is 15.3. The number of benzene rings is 2. The van der Waals surface area contributed by atoms with Crippen LogP contribution >= 0.6 is 0 Å². The molecule has 2 N–H and O–H groups in total. The van der Waals surface area contributed by atoms with Crippen LogP contribution in [-0.4, -0.2) is 32.0 Å². The summed E-state index contributed by atoms with van der Waals surface area (Å²) in [5.41, 5.74) is 4.28. The predicted molar refractivity (Wildman–Crippen MR) is 106 cm³/mol. The van der Waals surface area contributed by atoms with Gasteiger partial charge in [0.2, 0.25) is 0 Å². The van der Waals surface area contributed by atoms with E-state index in [1.54, 1.807) is 0 Å². The molecule has 0 atom stereocenters. The first-order valence-corrected chi connectivity index (χ1v) is 9.98. The molecule has 0 aromatic heterocycles. The quantitative estimate of drug-likeness (QED) is 0.825. The maximum Gasteiger partial charge on any atom is 0.193 e. The summed E-state index contributed by atoms with van der Waals surface area (Å²) < 4.78 is 0. The molecule has 2 aliphatic rings. The smallest absolute Gasteiger partial charge is 0.193 e. The van der Waals surface area contributed by atoms with E-state index < -0.39 is 0 Å². The van der Waals surface area contributed by atoms with E-state index in [2.05, 4.69) is 34.9 Å². The Bertz CT molecular complexity index is 695. The number of rotatable bonds is 4. The van der Waals surface area contributed by atoms with Crippen LogP contribution in [0.25, 0.3) is 0 Å². The molecular formula is C23H28N2O. The van der Waals surface area contributed by atoms with Crippen LogP contribution in [0.3, 0.4) is 0 Å². The van der Waals surface area contributed by atoms with Crippen molar-refractivity contribution in [2.45, 2.75) is 37.5 Å². The summed E-state index contributed by atoms with van der Waals surface area (Å²) in [5.74, 6) is 1.18. The first kappa shape index (κ1) is 17.4. The Balaban J connectivity index is 1.68. The van der Waals surface area contributed by atoms with E-state index in [0.29, 0.717) is 11.8 Å². The van der Waals surface area contributed by atoms with Gasteiger partial charge >= 0.3 is 0 Å². The zero-order chi connectivity index (χ0) is 17.8. The van der Waals surface area contributed by atoms with Crippen LogP contribution in [0.4, 0.5) is 0 Å². The highest BCUT2D eigenvalue weighted by atomic mass is 16.1. The number of nitrogens with one attached hydrogen (secondary N) is 2. The summed E-state index contributed by atoms with van der Waals surface area (Å²) in [4.78, 5) is 13.5. The fourth-order valence-electron chi connectivity index (χ4n) is 4.53. The van der Waals surface area contributed by atoms with Gasteiger partial charge in [-0.05, 0) is 74.8 Å². The van der Waals surface area contributed by atoms with Gasteiger partial charge in [0.15, 0.2) is 5.78 Å². The second-order valence-corrected chi connectivity index (χ2v) is 7.55. The molecule has 2 fully saturated rings. The van der Waals surface area contributed by atoms with Crippen LogP contribution in [0.5, 0.6) is 0 Å². The molecular weight excluding hydrogens is 320 g/mol. The highest BCUT2D eigenvalue weighted by Gasteiger charge is 2.25. The van der Waals surface area contributed by atoms with Crippen molar-refractivity contribution in [2.75, 3.05) is 26.2 Å². The Morgan fingerprint density at radius 3 is 1.46 bits per heavy atom. The van der Waals surface area contributed by atoms with Crippen molar-refractivity contribution < 1.29 is 4.79 Å². The molecule has 0 bridgehead atoms. The molecule has 2 aromatic rings. The average Bonchev–Trinajstić information content (AvgIpc) is 2.74. The molecule has 0 spiro atoms. The first-order chi connectivity index (χ1) is 12.8. The molecule has 0 saturated carbocycles. The molecule has 0 unspecified atom stereocenters. The minimum Gasteiger partial charge on any atom is -0.317 e. The third-order valence-corrected chi connectivity index (χ3v) is 5.97. The Kier molecular flexibility index (Phi) is 5.47. The second kappa shape index (κ2) is 8.15. The molecule has 4 rings (SSSR count). The van der Waals surface area contributed by atoms with E-state index in [-0.39, 0.29) is 5.78 Å². The van der Waals surface area contributed by atoms with Crippen LogP contribution in [0.2, 0.25) is 0 Å². The third kappa shape index (κ3) is 3.60. The van der Waals surface area contributed by atoms with Crippen molar-refractivity contribution >= 4 is 5.78 Å². The Labute approximate surface area is 156 Å². The van der Waals surface area contributed by atoms with Gasteiger partial charge in [-0.3, -0.25) is 4.79 Å². The number of carbonyl (C=O) groups excluding carboxylic acids is 1. The largest absolute Gasteiger partial charge is 0.317 e. The number of carbonyl (C=O) groups is 1. The molecule has 3 heteroatoms. The number of ketones is 1. The highest BCUT2D eigenvalue weighted by molar-refractivity contribution is 6.11. The molecule has 0 aliphatic carbocycles. The molecule has 3 nitrogen and oxygen atoms in total. The maximum absolute atomic E-state index is 13.5. The van der Waals surface area contributed by atoms with Crippen molar-refractivity contribution in [3.05, 3.63) is 70.8 Å². The van der Waals surface area contributed by atoms with Gasteiger partial charge in [0, 0.05) is 11.1 Å². The van der Waals surface area contributed by atoms with Crippen LogP contribution in [0, 0.1) is 0 Å². The summed E-state index contributed by atoms with van der Waals surface area (Å²) in [5, 5.41) is 6.85. The highest BCUT2D eigenvalue weighted by Crippen LogP contribution is 2.33. The lowest BCUT2D eigenvalue weighted by atomic mass is 9.81. The molecule has 136 valence electrons. The second-order valence-electron chi connectivity index (χ2n) is 7.55. The lowest BCUT2D eigenvalue weighted by molar-refractivity contribution is 0.103. The lowest BCUT2D eigenvalue weighted by Crippen LogP contribution is -2.28.